The summed E-state index contributed by atoms with van der Waals surface area (Å²) < 4.78 is 0. The van der Waals surface area contributed by atoms with E-state index in [1.165, 1.54) is 5.56 Å². The summed E-state index contributed by atoms with van der Waals surface area (Å²) in [6.07, 6.45) is 5.34. The zero-order valence-electron chi connectivity index (χ0n) is 10.4. The maximum Gasteiger partial charge on any atom is 0.116 e. The van der Waals surface area contributed by atoms with E-state index in [4.69, 9.17) is 0 Å². The lowest BCUT2D eigenvalue weighted by Gasteiger charge is -1.96. The summed E-state index contributed by atoms with van der Waals surface area (Å²) in [5, 5.41) is 9.79. The van der Waals surface area contributed by atoms with Gasteiger partial charge in [-0.25, -0.2) is 0 Å². The van der Waals surface area contributed by atoms with Gasteiger partial charge in [-0.2, -0.15) is 0 Å². The van der Waals surface area contributed by atoms with Gasteiger partial charge in [0.05, 0.1) is 0 Å². The molecule has 0 aromatic heterocycles. The number of allylic oxidation sites excluding steroid dienone is 1. The number of aryl methyl sites for hydroxylation is 1. The maximum absolute atomic E-state index is 9.79. The number of rotatable bonds is 3. The highest BCUT2D eigenvalue weighted by atomic mass is 16.3. The molecule has 0 aliphatic heterocycles. The molecule has 0 radical (unpaired) electrons. The molecule has 0 aliphatic rings. The molecule has 0 unspecified atom stereocenters. The smallest absolute Gasteiger partial charge is 0.116 e. The minimum atomic E-state index is 0.252. The third-order valence-electron chi connectivity index (χ3n) is 2.64. The molecule has 0 fully saturated rings. The minimum absolute atomic E-state index is 0.252. The third-order valence-corrected chi connectivity index (χ3v) is 2.64. The second-order valence-electron chi connectivity index (χ2n) is 4.22. The van der Waals surface area contributed by atoms with Crippen LogP contribution in [0.15, 0.2) is 66.4 Å². The molecule has 0 saturated carbocycles. The summed E-state index contributed by atoms with van der Waals surface area (Å²) in [5.41, 5.74) is 3.30. The minimum Gasteiger partial charge on any atom is -0.508 e. The Balaban J connectivity index is 2.09. The Morgan fingerprint density at radius 1 is 0.889 bits per heavy atom. The lowest BCUT2D eigenvalue weighted by molar-refractivity contribution is 0.438. The molecule has 18 heavy (non-hydrogen) atoms. The van der Waals surface area contributed by atoms with Crippen LogP contribution in [0, 0.1) is 6.92 Å². The summed E-state index contributed by atoms with van der Waals surface area (Å²) in [5.74, 6) is 0.252. The van der Waals surface area contributed by atoms with E-state index in [2.05, 4.69) is 19.1 Å². The summed E-state index contributed by atoms with van der Waals surface area (Å²) in [6, 6.07) is 17.9. The Bertz CT molecular complexity index is 548. The van der Waals surface area contributed by atoms with Crippen LogP contribution >= 0.6 is 0 Å². The van der Waals surface area contributed by atoms with Gasteiger partial charge in [0.25, 0.3) is 0 Å². The van der Waals surface area contributed by atoms with E-state index in [9.17, 15) is 5.11 Å². The molecule has 0 amide bonds. The summed E-state index contributed by atoms with van der Waals surface area (Å²) in [7, 11) is 0. The van der Waals surface area contributed by atoms with Crippen LogP contribution in [0.3, 0.4) is 0 Å². The zero-order chi connectivity index (χ0) is 12.8. The molecule has 2 aromatic rings. The molecule has 1 heteroatoms. The molecular weight excluding hydrogens is 220 g/mol. The van der Waals surface area contributed by atoms with E-state index in [0.717, 1.165) is 11.1 Å². The first-order valence-corrected chi connectivity index (χ1v) is 5.94. The lowest BCUT2D eigenvalue weighted by atomic mass is 10.1. The lowest BCUT2D eigenvalue weighted by Crippen LogP contribution is -1.77. The normalized spacial score (nSPS) is 11.9. The van der Waals surface area contributed by atoms with Crippen molar-refractivity contribution in [3.05, 3.63) is 83.1 Å². The Labute approximate surface area is 108 Å². The van der Waals surface area contributed by atoms with Crippen molar-refractivity contribution in [1.82, 2.24) is 0 Å². The van der Waals surface area contributed by atoms with Crippen LogP contribution in [-0.4, -0.2) is 5.11 Å². The van der Waals surface area contributed by atoms with Gasteiger partial charge in [0.1, 0.15) is 5.76 Å². The van der Waals surface area contributed by atoms with E-state index in [1.54, 1.807) is 12.2 Å². The molecule has 0 heterocycles. The number of aliphatic hydroxyl groups excluding tert-OH is 1. The van der Waals surface area contributed by atoms with E-state index in [0.29, 0.717) is 0 Å². The second-order valence-corrected chi connectivity index (χ2v) is 4.22. The van der Waals surface area contributed by atoms with Crippen LogP contribution in [0.5, 0.6) is 0 Å². The molecule has 0 atom stereocenters. The fourth-order valence-electron chi connectivity index (χ4n) is 1.63. The van der Waals surface area contributed by atoms with Gasteiger partial charge in [-0.1, -0.05) is 66.2 Å². The predicted molar refractivity (Wildman–Crippen MR) is 77.3 cm³/mol. The molecule has 0 bridgehead atoms. The standard InChI is InChI=1S/C17H16O/c1-14-7-9-15(10-8-14)11-12-17(18)13-16-5-3-2-4-6-16/h2-13,18H,1H3. The van der Waals surface area contributed by atoms with E-state index >= 15 is 0 Å². The summed E-state index contributed by atoms with van der Waals surface area (Å²) in [4.78, 5) is 0. The van der Waals surface area contributed by atoms with Crippen LogP contribution in [0.25, 0.3) is 12.2 Å². The van der Waals surface area contributed by atoms with Crippen LogP contribution in [0.2, 0.25) is 0 Å². The zero-order valence-corrected chi connectivity index (χ0v) is 10.4. The van der Waals surface area contributed by atoms with Crippen LogP contribution in [-0.2, 0) is 0 Å². The fourth-order valence-corrected chi connectivity index (χ4v) is 1.63. The third kappa shape index (κ3) is 3.63. The monoisotopic (exact) mass is 236 g/mol. The molecule has 0 spiro atoms. The van der Waals surface area contributed by atoms with Gasteiger partial charge in [-0.3, -0.25) is 0 Å². The summed E-state index contributed by atoms with van der Waals surface area (Å²) >= 11 is 0. The molecule has 90 valence electrons. The topological polar surface area (TPSA) is 20.2 Å². The molecule has 2 rings (SSSR count). The number of hydrogen-bond donors (Lipinski definition) is 1. The first-order chi connectivity index (χ1) is 8.74. The van der Waals surface area contributed by atoms with Crippen LogP contribution < -0.4 is 0 Å². The van der Waals surface area contributed by atoms with Gasteiger partial charge in [0.2, 0.25) is 0 Å². The highest BCUT2D eigenvalue weighted by Gasteiger charge is 1.90. The summed E-state index contributed by atoms with van der Waals surface area (Å²) in [6.45, 7) is 2.06. The SMILES string of the molecule is Cc1ccc(C=CC(O)=Cc2ccccc2)cc1. The first kappa shape index (κ1) is 12.2. The number of aliphatic hydroxyl groups is 1. The molecule has 2 aromatic carbocycles. The quantitative estimate of drug-likeness (QED) is 0.609. The largest absolute Gasteiger partial charge is 0.508 e. The van der Waals surface area contributed by atoms with Crippen molar-refractivity contribution in [3.63, 3.8) is 0 Å². The Morgan fingerprint density at radius 2 is 1.56 bits per heavy atom. The molecular formula is C17H16O. The number of hydrogen-bond acceptors (Lipinski definition) is 1. The fraction of sp³-hybridized carbons (Fsp3) is 0.0588. The van der Waals surface area contributed by atoms with E-state index < -0.39 is 0 Å². The Kier molecular flexibility index (Phi) is 3.98. The highest BCUT2D eigenvalue weighted by Crippen LogP contribution is 2.09. The van der Waals surface area contributed by atoms with Gasteiger partial charge < -0.3 is 5.11 Å². The Morgan fingerprint density at radius 3 is 2.22 bits per heavy atom. The van der Waals surface area contributed by atoms with Crippen molar-refractivity contribution in [3.8, 4) is 0 Å². The van der Waals surface area contributed by atoms with Crippen molar-refractivity contribution >= 4 is 12.2 Å². The predicted octanol–water partition coefficient (Wildman–Crippen LogP) is 4.61. The second kappa shape index (κ2) is 5.87. The van der Waals surface area contributed by atoms with Gasteiger partial charge in [0, 0.05) is 0 Å². The van der Waals surface area contributed by atoms with Crippen molar-refractivity contribution < 1.29 is 5.11 Å². The van der Waals surface area contributed by atoms with Crippen molar-refractivity contribution in [2.45, 2.75) is 6.92 Å². The molecule has 1 N–H and O–H groups in total. The average molecular weight is 236 g/mol. The van der Waals surface area contributed by atoms with Crippen LogP contribution in [0.1, 0.15) is 16.7 Å². The first-order valence-electron chi connectivity index (χ1n) is 5.94. The molecule has 1 nitrogen and oxygen atoms in total. The van der Waals surface area contributed by atoms with Gasteiger partial charge in [-0.15, -0.1) is 0 Å². The van der Waals surface area contributed by atoms with E-state index in [-0.39, 0.29) is 5.76 Å². The van der Waals surface area contributed by atoms with Gasteiger partial charge >= 0.3 is 0 Å². The van der Waals surface area contributed by atoms with Gasteiger partial charge in [-0.05, 0) is 30.2 Å². The van der Waals surface area contributed by atoms with Crippen molar-refractivity contribution in [1.29, 1.82) is 0 Å². The van der Waals surface area contributed by atoms with Crippen LogP contribution in [0.4, 0.5) is 0 Å². The molecule has 0 aliphatic carbocycles. The maximum atomic E-state index is 9.79. The van der Waals surface area contributed by atoms with Crippen molar-refractivity contribution in [2.24, 2.45) is 0 Å². The highest BCUT2D eigenvalue weighted by molar-refractivity contribution is 5.59. The molecule has 0 saturated heterocycles. The van der Waals surface area contributed by atoms with Gasteiger partial charge in [0.15, 0.2) is 0 Å². The Hall–Kier alpha value is -2.28. The van der Waals surface area contributed by atoms with Crippen molar-refractivity contribution in [2.75, 3.05) is 0 Å². The average Bonchev–Trinajstić information content (AvgIpc) is 2.39. The number of benzene rings is 2. The van der Waals surface area contributed by atoms with E-state index in [1.807, 2.05) is 48.5 Å².